The number of thioether (sulfide) groups is 1. The summed E-state index contributed by atoms with van der Waals surface area (Å²) in [6.07, 6.45) is 3.42. The fraction of sp³-hybridized carbons (Fsp3) is 0.167. The Labute approximate surface area is 149 Å². The smallest absolute Gasteiger partial charge is 0.290 e. The predicted octanol–water partition coefficient (Wildman–Crippen LogP) is 3.28. The van der Waals surface area contributed by atoms with Crippen LogP contribution in [0.4, 0.5) is 10.6 Å². The minimum Gasteiger partial charge on any atom is -0.491 e. The Hall–Kier alpha value is -2.80. The molecule has 1 aliphatic rings. The number of anilines is 1. The van der Waals surface area contributed by atoms with Crippen molar-refractivity contribution in [3.63, 3.8) is 0 Å². The summed E-state index contributed by atoms with van der Waals surface area (Å²) in [6, 6.07) is 13.1. The van der Waals surface area contributed by atoms with Crippen molar-refractivity contribution in [1.29, 1.82) is 0 Å². The van der Waals surface area contributed by atoms with Gasteiger partial charge in [0.05, 0.1) is 10.9 Å². The lowest BCUT2D eigenvalue weighted by Crippen LogP contribution is -2.23. The van der Waals surface area contributed by atoms with Gasteiger partial charge in [0.1, 0.15) is 18.2 Å². The van der Waals surface area contributed by atoms with Gasteiger partial charge in [-0.05, 0) is 54.6 Å². The number of amides is 2. The van der Waals surface area contributed by atoms with E-state index in [1.807, 2.05) is 49.4 Å². The number of nitrogens with one attached hydrogen (secondary N) is 2. The maximum atomic E-state index is 11.5. The zero-order valence-electron chi connectivity index (χ0n) is 13.6. The Morgan fingerprint density at radius 3 is 2.68 bits per heavy atom. The highest BCUT2D eigenvalue weighted by atomic mass is 32.2. The predicted molar refractivity (Wildman–Crippen MR) is 98.4 cm³/mol. The maximum Gasteiger partial charge on any atom is 0.290 e. The van der Waals surface area contributed by atoms with Crippen LogP contribution in [-0.2, 0) is 4.79 Å². The van der Waals surface area contributed by atoms with Gasteiger partial charge in [0.2, 0.25) is 0 Å². The lowest BCUT2D eigenvalue weighted by molar-refractivity contribution is -0.115. The summed E-state index contributed by atoms with van der Waals surface area (Å²) in [5, 5.41) is 5.15. The van der Waals surface area contributed by atoms with Gasteiger partial charge in [-0.1, -0.05) is 18.2 Å². The van der Waals surface area contributed by atoms with Crippen molar-refractivity contribution in [2.45, 2.75) is 13.0 Å². The van der Waals surface area contributed by atoms with E-state index in [1.165, 1.54) is 0 Å². The van der Waals surface area contributed by atoms with Crippen molar-refractivity contribution in [2.24, 2.45) is 0 Å². The number of rotatable bonds is 6. The van der Waals surface area contributed by atoms with E-state index in [1.54, 1.807) is 12.3 Å². The van der Waals surface area contributed by atoms with Crippen LogP contribution in [0.5, 0.6) is 5.75 Å². The number of benzene rings is 1. The molecule has 3 rings (SSSR count). The standard InChI is InChI=1S/C18H17N3O3S/c1-12(20-16-4-2-3-9-19-16)11-24-14-7-5-13(6-8-14)10-15-17(22)21-18(23)25-15/h2-10,12H,11H2,1H3,(H,19,20)(H,21,22,23). The molecule has 0 radical (unpaired) electrons. The van der Waals surface area contributed by atoms with Crippen LogP contribution in [0.2, 0.25) is 0 Å². The van der Waals surface area contributed by atoms with Crippen molar-refractivity contribution in [2.75, 3.05) is 11.9 Å². The van der Waals surface area contributed by atoms with E-state index in [2.05, 4.69) is 15.6 Å². The number of ether oxygens (including phenoxy) is 1. The molecule has 0 bridgehead atoms. The van der Waals surface area contributed by atoms with E-state index >= 15 is 0 Å². The van der Waals surface area contributed by atoms with E-state index in [4.69, 9.17) is 4.74 Å². The Balaban J connectivity index is 1.53. The second-order valence-electron chi connectivity index (χ2n) is 5.49. The van der Waals surface area contributed by atoms with Crippen molar-refractivity contribution >= 4 is 34.8 Å². The van der Waals surface area contributed by atoms with Gasteiger partial charge in [-0.3, -0.25) is 14.9 Å². The first-order valence-corrected chi connectivity index (χ1v) is 8.57. The van der Waals surface area contributed by atoms with Crippen molar-refractivity contribution in [3.8, 4) is 5.75 Å². The van der Waals surface area contributed by atoms with E-state index in [-0.39, 0.29) is 17.2 Å². The second-order valence-corrected chi connectivity index (χ2v) is 6.51. The van der Waals surface area contributed by atoms with Gasteiger partial charge < -0.3 is 10.1 Å². The van der Waals surface area contributed by atoms with Gasteiger partial charge in [0.25, 0.3) is 11.1 Å². The molecule has 25 heavy (non-hydrogen) atoms. The summed E-state index contributed by atoms with van der Waals surface area (Å²) in [5.74, 6) is 1.18. The summed E-state index contributed by atoms with van der Waals surface area (Å²) in [5.41, 5.74) is 0.833. The molecule has 0 aliphatic carbocycles. The third kappa shape index (κ3) is 4.84. The molecule has 1 unspecified atom stereocenters. The molecular formula is C18H17N3O3S. The summed E-state index contributed by atoms with van der Waals surface area (Å²) < 4.78 is 5.75. The quantitative estimate of drug-likeness (QED) is 0.774. The molecular weight excluding hydrogens is 338 g/mol. The van der Waals surface area contributed by atoms with Crippen LogP contribution in [-0.4, -0.2) is 28.8 Å². The van der Waals surface area contributed by atoms with Crippen LogP contribution < -0.4 is 15.4 Å². The van der Waals surface area contributed by atoms with Crippen molar-refractivity contribution in [3.05, 3.63) is 59.1 Å². The van der Waals surface area contributed by atoms with Gasteiger partial charge >= 0.3 is 0 Å². The minimum atomic E-state index is -0.357. The molecule has 1 fully saturated rings. The Bertz CT molecular complexity index is 791. The van der Waals surface area contributed by atoms with Crippen LogP contribution in [0, 0.1) is 0 Å². The molecule has 128 valence electrons. The van der Waals surface area contributed by atoms with Crippen LogP contribution in [0.1, 0.15) is 12.5 Å². The number of aromatic nitrogens is 1. The zero-order valence-corrected chi connectivity index (χ0v) is 14.4. The van der Waals surface area contributed by atoms with Crippen LogP contribution in [0.15, 0.2) is 53.6 Å². The summed E-state index contributed by atoms with van der Waals surface area (Å²) in [7, 11) is 0. The summed E-state index contributed by atoms with van der Waals surface area (Å²) in [4.78, 5) is 27.3. The van der Waals surface area contributed by atoms with Gasteiger partial charge in [0.15, 0.2) is 0 Å². The first-order valence-electron chi connectivity index (χ1n) is 7.75. The fourth-order valence-corrected chi connectivity index (χ4v) is 2.88. The van der Waals surface area contributed by atoms with E-state index in [0.29, 0.717) is 11.5 Å². The molecule has 0 spiro atoms. The Morgan fingerprint density at radius 1 is 1.24 bits per heavy atom. The van der Waals surface area contributed by atoms with Gasteiger partial charge in [0, 0.05) is 6.20 Å². The number of hydrogen-bond donors (Lipinski definition) is 2. The molecule has 1 aromatic heterocycles. The Kier molecular flexibility index (Phi) is 5.35. The van der Waals surface area contributed by atoms with E-state index < -0.39 is 0 Å². The monoisotopic (exact) mass is 355 g/mol. The first kappa shape index (κ1) is 17.0. The molecule has 6 nitrogen and oxygen atoms in total. The number of hydrogen-bond acceptors (Lipinski definition) is 6. The SMILES string of the molecule is CC(COc1ccc(C=C2SC(=O)NC2=O)cc1)Nc1ccccn1. The average molecular weight is 355 g/mol. The van der Waals surface area contributed by atoms with Gasteiger partial charge in [-0.15, -0.1) is 0 Å². The molecule has 1 saturated heterocycles. The van der Waals surface area contributed by atoms with E-state index in [9.17, 15) is 9.59 Å². The molecule has 2 heterocycles. The number of carbonyl (C=O) groups excluding carboxylic acids is 2. The van der Waals surface area contributed by atoms with Crippen molar-refractivity contribution in [1.82, 2.24) is 10.3 Å². The number of pyridine rings is 1. The molecule has 1 aliphatic heterocycles. The largest absolute Gasteiger partial charge is 0.491 e. The molecule has 1 aromatic carbocycles. The topological polar surface area (TPSA) is 80.3 Å². The lowest BCUT2D eigenvalue weighted by Gasteiger charge is -2.15. The van der Waals surface area contributed by atoms with Crippen LogP contribution in [0.25, 0.3) is 6.08 Å². The highest BCUT2D eigenvalue weighted by Crippen LogP contribution is 2.26. The van der Waals surface area contributed by atoms with Gasteiger partial charge in [-0.2, -0.15) is 0 Å². The highest BCUT2D eigenvalue weighted by Gasteiger charge is 2.24. The van der Waals surface area contributed by atoms with E-state index in [0.717, 1.165) is 28.9 Å². The molecule has 2 N–H and O–H groups in total. The average Bonchev–Trinajstić information content (AvgIpc) is 2.92. The second kappa shape index (κ2) is 7.85. The normalized spacial score (nSPS) is 16.6. The third-order valence-corrected chi connectivity index (χ3v) is 4.19. The van der Waals surface area contributed by atoms with Crippen molar-refractivity contribution < 1.29 is 14.3 Å². The fourth-order valence-electron chi connectivity index (χ4n) is 2.20. The highest BCUT2D eigenvalue weighted by molar-refractivity contribution is 8.18. The molecule has 2 amide bonds. The van der Waals surface area contributed by atoms with Crippen LogP contribution in [0.3, 0.4) is 0 Å². The lowest BCUT2D eigenvalue weighted by atomic mass is 10.2. The number of imide groups is 1. The minimum absolute atomic E-state index is 0.0984. The molecule has 2 aromatic rings. The summed E-state index contributed by atoms with van der Waals surface area (Å²) in [6.45, 7) is 2.50. The summed E-state index contributed by atoms with van der Waals surface area (Å²) >= 11 is 0.904. The van der Waals surface area contributed by atoms with Crippen LogP contribution >= 0.6 is 11.8 Å². The van der Waals surface area contributed by atoms with Gasteiger partial charge in [-0.25, -0.2) is 4.98 Å². The maximum absolute atomic E-state index is 11.5. The molecule has 1 atom stereocenters. The number of nitrogens with zero attached hydrogens (tertiary/aromatic N) is 1. The Morgan fingerprint density at radius 2 is 2.04 bits per heavy atom. The third-order valence-electron chi connectivity index (χ3n) is 3.38. The molecule has 7 heteroatoms. The molecule has 0 saturated carbocycles. The zero-order chi connectivity index (χ0) is 17.6. The number of carbonyl (C=O) groups is 2. The first-order chi connectivity index (χ1) is 12.1.